The molecule has 0 unspecified atom stereocenters. The van der Waals surface area contributed by atoms with Crippen molar-refractivity contribution in [1.29, 1.82) is 0 Å². The molecule has 1 aliphatic rings. The van der Waals surface area contributed by atoms with Crippen LogP contribution < -0.4 is 5.73 Å². The van der Waals surface area contributed by atoms with Crippen LogP contribution in [0.1, 0.15) is 12.0 Å². The van der Waals surface area contributed by atoms with Crippen LogP contribution in [0.5, 0.6) is 0 Å². The van der Waals surface area contributed by atoms with Crippen LogP contribution in [-0.2, 0) is 11.2 Å². The van der Waals surface area contributed by atoms with E-state index < -0.39 is 5.60 Å². The molecule has 1 aromatic rings. The number of aliphatic hydroxyl groups is 1. The van der Waals surface area contributed by atoms with Crippen molar-refractivity contribution in [2.24, 2.45) is 5.73 Å². The zero-order valence-electron chi connectivity index (χ0n) is 10.4. The van der Waals surface area contributed by atoms with Crippen LogP contribution in [0.4, 0.5) is 4.39 Å². The molecule has 1 fully saturated rings. The molecular formula is C13H16BrFN2O2. The summed E-state index contributed by atoms with van der Waals surface area (Å²) in [5, 5.41) is 9.72. The quantitative estimate of drug-likeness (QED) is 0.867. The second-order valence-corrected chi connectivity index (χ2v) is 5.75. The monoisotopic (exact) mass is 330 g/mol. The smallest absolute Gasteiger partial charge is 0.223 e. The lowest BCUT2D eigenvalue weighted by molar-refractivity contribution is -0.153. The molecule has 0 aromatic heterocycles. The first-order chi connectivity index (χ1) is 8.95. The minimum Gasteiger partial charge on any atom is -0.385 e. The molecule has 2 rings (SSSR count). The van der Waals surface area contributed by atoms with E-state index in [2.05, 4.69) is 15.9 Å². The Morgan fingerprint density at radius 3 is 2.84 bits per heavy atom. The predicted molar refractivity (Wildman–Crippen MR) is 73.0 cm³/mol. The van der Waals surface area contributed by atoms with Crippen molar-refractivity contribution in [3.63, 3.8) is 0 Å². The molecule has 4 nitrogen and oxygen atoms in total. The van der Waals surface area contributed by atoms with E-state index in [0.29, 0.717) is 16.5 Å². The van der Waals surface area contributed by atoms with Crippen LogP contribution >= 0.6 is 15.9 Å². The van der Waals surface area contributed by atoms with Gasteiger partial charge in [-0.15, -0.1) is 0 Å². The summed E-state index contributed by atoms with van der Waals surface area (Å²) < 4.78 is 14.1. The number of rotatable bonds is 4. The fraction of sp³-hybridized carbons (Fsp3) is 0.462. The highest BCUT2D eigenvalue weighted by molar-refractivity contribution is 9.10. The van der Waals surface area contributed by atoms with Crippen LogP contribution in [0.25, 0.3) is 0 Å². The zero-order valence-corrected chi connectivity index (χ0v) is 12.0. The van der Waals surface area contributed by atoms with Crippen molar-refractivity contribution < 1.29 is 14.3 Å². The minimum atomic E-state index is -0.934. The summed E-state index contributed by atoms with van der Waals surface area (Å²) >= 11 is 3.11. The molecule has 0 spiro atoms. The molecule has 19 heavy (non-hydrogen) atoms. The Balaban J connectivity index is 1.87. The van der Waals surface area contributed by atoms with E-state index in [1.807, 2.05) is 0 Å². The number of nitrogens with two attached hydrogens (primary N) is 1. The number of hydrogen-bond acceptors (Lipinski definition) is 3. The number of hydrogen-bond donors (Lipinski definition) is 2. The average Bonchev–Trinajstić information content (AvgIpc) is 2.36. The van der Waals surface area contributed by atoms with Crippen molar-refractivity contribution in [2.45, 2.75) is 18.4 Å². The van der Waals surface area contributed by atoms with Crippen LogP contribution in [-0.4, -0.2) is 41.1 Å². The van der Waals surface area contributed by atoms with Gasteiger partial charge in [0.1, 0.15) is 11.4 Å². The summed E-state index contributed by atoms with van der Waals surface area (Å²) in [5.41, 5.74) is 4.97. The average molecular weight is 331 g/mol. The lowest BCUT2D eigenvalue weighted by Crippen LogP contribution is -2.66. The van der Waals surface area contributed by atoms with E-state index in [9.17, 15) is 14.3 Å². The number of carbonyl (C=O) groups is 1. The normalized spacial score (nSPS) is 17.2. The number of likely N-dealkylation sites (tertiary alicyclic amines) is 1. The standard InChI is InChI=1S/C13H16BrFN2O2/c14-10-3-1-2-9(12(10)15)4-5-11(18)17-7-13(19,6-16)8-17/h1-3,19H,4-8,16H2. The van der Waals surface area contributed by atoms with Gasteiger partial charge in [0.2, 0.25) is 5.91 Å². The van der Waals surface area contributed by atoms with Crippen LogP contribution in [0.15, 0.2) is 22.7 Å². The number of β-amino-alcohol motifs (C(OH)–C–C–N with tert-alkyl or cyclic N) is 1. The fourth-order valence-corrected chi connectivity index (χ4v) is 2.52. The Morgan fingerprint density at radius 1 is 1.53 bits per heavy atom. The van der Waals surface area contributed by atoms with Crippen LogP contribution in [0, 0.1) is 5.82 Å². The minimum absolute atomic E-state index is 0.0856. The van der Waals surface area contributed by atoms with E-state index >= 15 is 0 Å². The first-order valence-corrected chi connectivity index (χ1v) is 6.87. The van der Waals surface area contributed by atoms with Crippen molar-refractivity contribution >= 4 is 21.8 Å². The maximum atomic E-state index is 13.7. The Kier molecular flexibility index (Phi) is 4.23. The Morgan fingerprint density at radius 2 is 2.21 bits per heavy atom. The SMILES string of the molecule is NCC1(O)CN(C(=O)CCc2cccc(Br)c2F)C1. The summed E-state index contributed by atoms with van der Waals surface area (Å²) in [6.45, 7) is 0.684. The molecular weight excluding hydrogens is 315 g/mol. The highest BCUT2D eigenvalue weighted by atomic mass is 79.9. The molecule has 1 saturated heterocycles. The van der Waals surface area contributed by atoms with E-state index in [1.54, 1.807) is 23.1 Å². The number of nitrogens with zero attached hydrogens (tertiary/aromatic N) is 1. The summed E-state index contributed by atoms with van der Waals surface area (Å²) in [6, 6.07) is 5.03. The van der Waals surface area contributed by atoms with Crippen molar-refractivity contribution in [3.05, 3.63) is 34.1 Å². The molecule has 6 heteroatoms. The van der Waals surface area contributed by atoms with Gasteiger partial charge in [0.05, 0.1) is 17.6 Å². The first kappa shape index (κ1) is 14.4. The summed E-state index contributed by atoms with van der Waals surface area (Å²) in [4.78, 5) is 13.4. The third kappa shape index (κ3) is 3.13. The van der Waals surface area contributed by atoms with Gasteiger partial charge in [-0.2, -0.15) is 0 Å². The summed E-state index contributed by atoms with van der Waals surface area (Å²) in [5.74, 6) is -0.408. The molecule has 0 bridgehead atoms. The number of halogens is 2. The van der Waals surface area contributed by atoms with Crippen LogP contribution in [0.3, 0.4) is 0 Å². The fourth-order valence-electron chi connectivity index (χ4n) is 2.11. The maximum absolute atomic E-state index is 13.7. The van der Waals surface area contributed by atoms with Gasteiger partial charge in [-0.3, -0.25) is 4.79 Å². The third-order valence-corrected chi connectivity index (χ3v) is 3.96. The van der Waals surface area contributed by atoms with E-state index in [0.717, 1.165) is 0 Å². The van der Waals surface area contributed by atoms with Gasteiger partial charge < -0.3 is 15.7 Å². The summed E-state index contributed by atoms with van der Waals surface area (Å²) in [7, 11) is 0. The molecule has 104 valence electrons. The van der Waals surface area contributed by atoms with E-state index in [-0.39, 0.29) is 37.8 Å². The largest absolute Gasteiger partial charge is 0.385 e. The van der Waals surface area contributed by atoms with Gasteiger partial charge >= 0.3 is 0 Å². The van der Waals surface area contributed by atoms with Gasteiger partial charge in [-0.1, -0.05) is 12.1 Å². The lowest BCUT2D eigenvalue weighted by Gasteiger charge is -2.45. The second-order valence-electron chi connectivity index (χ2n) is 4.89. The van der Waals surface area contributed by atoms with Crippen molar-refractivity contribution in [1.82, 2.24) is 4.90 Å². The molecule has 0 aliphatic carbocycles. The number of aryl methyl sites for hydroxylation is 1. The molecule has 3 N–H and O–H groups in total. The number of amides is 1. The molecule has 0 saturated carbocycles. The lowest BCUT2D eigenvalue weighted by atomic mass is 9.93. The van der Waals surface area contributed by atoms with Crippen molar-refractivity contribution in [3.8, 4) is 0 Å². The second kappa shape index (κ2) is 5.56. The molecule has 1 amide bonds. The Bertz CT molecular complexity index is 490. The molecule has 1 heterocycles. The van der Waals surface area contributed by atoms with Crippen LogP contribution in [0.2, 0.25) is 0 Å². The molecule has 1 aromatic carbocycles. The molecule has 0 radical (unpaired) electrons. The van der Waals surface area contributed by atoms with Gasteiger partial charge in [0.15, 0.2) is 0 Å². The number of benzene rings is 1. The van der Waals surface area contributed by atoms with Crippen molar-refractivity contribution in [2.75, 3.05) is 19.6 Å². The Hall–Kier alpha value is -0.980. The Labute approximate surface area is 119 Å². The summed E-state index contributed by atoms with van der Waals surface area (Å²) in [6.07, 6.45) is 0.579. The van der Waals surface area contributed by atoms with Gasteiger partial charge in [0, 0.05) is 13.0 Å². The topological polar surface area (TPSA) is 66.6 Å². The zero-order chi connectivity index (χ0) is 14.0. The van der Waals surface area contributed by atoms with E-state index in [4.69, 9.17) is 5.73 Å². The predicted octanol–water partition coefficient (Wildman–Crippen LogP) is 1.05. The van der Waals surface area contributed by atoms with E-state index in [1.165, 1.54) is 0 Å². The highest BCUT2D eigenvalue weighted by Crippen LogP contribution is 2.22. The van der Waals surface area contributed by atoms with Gasteiger partial charge in [-0.25, -0.2) is 4.39 Å². The molecule has 1 aliphatic heterocycles. The highest BCUT2D eigenvalue weighted by Gasteiger charge is 2.42. The first-order valence-electron chi connectivity index (χ1n) is 6.08. The maximum Gasteiger partial charge on any atom is 0.223 e. The van der Waals surface area contributed by atoms with Gasteiger partial charge in [-0.05, 0) is 34.0 Å². The van der Waals surface area contributed by atoms with Gasteiger partial charge in [0.25, 0.3) is 0 Å². The molecule has 0 atom stereocenters. The number of carbonyl (C=O) groups excluding carboxylic acids is 1. The third-order valence-electron chi connectivity index (χ3n) is 3.34.